The first-order chi connectivity index (χ1) is 15.9. The summed E-state index contributed by atoms with van der Waals surface area (Å²) in [6, 6.07) is 9.09. The smallest absolute Gasteiger partial charge is 0.405 e. The first-order valence-corrected chi connectivity index (χ1v) is 12.0. The zero-order valence-electron chi connectivity index (χ0n) is 20.4. The fourth-order valence-corrected chi connectivity index (χ4v) is 4.95. The normalized spacial score (nSPS) is 21.1. The lowest BCUT2D eigenvalue weighted by Gasteiger charge is -2.36. The van der Waals surface area contributed by atoms with Gasteiger partial charge in [0.15, 0.2) is 0 Å². The van der Waals surface area contributed by atoms with E-state index in [4.69, 9.17) is 9.31 Å². The minimum absolute atomic E-state index is 0.118. The first-order valence-electron chi connectivity index (χ1n) is 12.0. The second-order valence-corrected chi connectivity index (χ2v) is 10.0. The zero-order chi connectivity index (χ0) is 24.8. The van der Waals surface area contributed by atoms with E-state index in [1.54, 1.807) is 45.9 Å². The van der Waals surface area contributed by atoms with Gasteiger partial charge in [-0.25, -0.2) is 0 Å². The van der Waals surface area contributed by atoms with E-state index in [1.165, 1.54) is 12.1 Å². The summed E-state index contributed by atoms with van der Waals surface area (Å²) in [7, 11) is 1.08. The van der Waals surface area contributed by atoms with Crippen molar-refractivity contribution >= 4 is 12.6 Å². The van der Waals surface area contributed by atoms with Crippen LogP contribution in [0.1, 0.15) is 57.2 Å². The first kappa shape index (κ1) is 25.2. The second-order valence-electron chi connectivity index (χ2n) is 10.0. The van der Waals surface area contributed by atoms with Gasteiger partial charge in [0, 0.05) is 29.4 Å². The van der Waals surface area contributed by atoms with Crippen LogP contribution in [-0.4, -0.2) is 43.9 Å². The van der Waals surface area contributed by atoms with Crippen LogP contribution in [0, 0.1) is 0 Å². The minimum Gasteiger partial charge on any atom is -0.405 e. The van der Waals surface area contributed by atoms with E-state index in [1.807, 2.05) is 7.05 Å². The summed E-state index contributed by atoms with van der Waals surface area (Å²) in [5.74, 6) is -8.70. The van der Waals surface area contributed by atoms with Gasteiger partial charge in [-0.2, -0.15) is 17.6 Å². The van der Waals surface area contributed by atoms with Gasteiger partial charge in [-0.1, -0.05) is 30.3 Å². The predicted octanol–water partition coefficient (Wildman–Crippen LogP) is 5.73. The van der Waals surface area contributed by atoms with Crippen LogP contribution in [0.5, 0.6) is 0 Å². The van der Waals surface area contributed by atoms with Gasteiger partial charge in [0.2, 0.25) is 0 Å². The molecule has 0 N–H and O–H groups in total. The van der Waals surface area contributed by atoms with Crippen molar-refractivity contribution in [1.82, 2.24) is 4.90 Å². The Morgan fingerprint density at radius 1 is 0.912 bits per heavy atom. The van der Waals surface area contributed by atoms with Crippen molar-refractivity contribution in [3.8, 4) is 11.1 Å². The summed E-state index contributed by atoms with van der Waals surface area (Å²) in [6.07, 6.45) is 2.12. The zero-order valence-corrected chi connectivity index (χ0v) is 20.4. The number of rotatable bonds is 7. The van der Waals surface area contributed by atoms with Crippen molar-refractivity contribution in [2.24, 2.45) is 0 Å². The highest BCUT2D eigenvalue weighted by molar-refractivity contribution is 6.61. The van der Waals surface area contributed by atoms with Crippen LogP contribution in [0.25, 0.3) is 11.1 Å². The number of hydrogen-bond donors (Lipinski definition) is 0. The van der Waals surface area contributed by atoms with Crippen molar-refractivity contribution in [2.75, 3.05) is 13.6 Å². The van der Waals surface area contributed by atoms with E-state index < -0.39 is 30.1 Å². The number of nitrogens with zero attached hydrogens (tertiary/aromatic N) is 1. The number of alkyl halides is 4. The third-order valence-electron chi connectivity index (χ3n) is 6.70. The molecule has 1 saturated heterocycles. The Hall–Kier alpha value is -1.90. The molecule has 2 aromatic carbocycles. The standard InChI is InChI=1S/C26H32BF4NO2/c1-16(2)33-27(34-17(3)4)19-9-11-22-21-10-8-18(13-20-7-6-12-32(20)5)14-23(21)25(28,29)26(30,31)24(22)15-19/h8-11,14-17,20H,6-7,12-13H2,1-5H3. The van der Waals surface area contributed by atoms with E-state index in [2.05, 4.69) is 4.90 Å². The molecule has 0 bridgehead atoms. The van der Waals surface area contributed by atoms with Gasteiger partial charge in [-0.05, 0) is 88.8 Å². The molecule has 1 atom stereocenters. The van der Waals surface area contributed by atoms with Crippen LogP contribution in [-0.2, 0) is 27.6 Å². The molecule has 184 valence electrons. The molecule has 1 aliphatic carbocycles. The summed E-state index contributed by atoms with van der Waals surface area (Å²) in [5.41, 5.74) is -0.0938. The number of halogens is 4. The Morgan fingerprint density at radius 2 is 1.47 bits per heavy atom. The summed E-state index contributed by atoms with van der Waals surface area (Å²) in [6.45, 7) is 8.16. The largest absolute Gasteiger partial charge is 0.494 e. The molecule has 0 aromatic heterocycles. The van der Waals surface area contributed by atoms with Gasteiger partial charge >= 0.3 is 19.0 Å². The average Bonchev–Trinajstić information content (AvgIpc) is 3.15. The molecular weight excluding hydrogens is 445 g/mol. The van der Waals surface area contributed by atoms with Crippen LogP contribution < -0.4 is 5.46 Å². The van der Waals surface area contributed by atoms with Crippen LogP contribution in [0.3, 0.4) is 0 Å². The summed E-state index contributed by atoms with van der Waals surface area (Å²) in [5, 5.41) is 0. The van der Waals surface area contributed by atoms with Crippen LogP contribution in [0.4, 0.5) is 17.6 Å². The Labute approximate surface area is 199 Å². The topological polar surface area (TPSA) is 21.7 Å². The SMILES string of the molecule is CC(C)OB(OC(C)C)c1ccc2c(c1)C(F)(F)C(F)(F)c1cc(CC3CCCN3C)ccc1-2. The van der Waals surface area contributed by atoms with Crippen molar-refractivity contribution in [1.29, 1.82) is 0 Å². The lowest BCUT2D eigenvalue weighted by molar-refractivity contribution is -0.225. The molecular formula is C26H32BF4NO2. The van der Waals surface area contributed by atoms with Gasteiger partial charge in [0.05, 0.1) is 0 Å². The molecule has 3 nitrogen and oxygen atoms in total. The third-order valence-corrected chi connectivity index (χ3v) is 6.70. The highest BCUT2D eigenvalue weighted by Gasteiger charge is 2.63. The molecule has 2 aromatic rings. The van der Waals surface area contributed by atoms with Crippen molar-refractivity contribution < 1.29 is 26.9 Å². The highest BCUT2D eigenvalue weighted by atomic mass is 19.3. The number of fused-ring (bicyclic) bond motifs is 3. The molecule has 1 aliphatic heterocycles. The fraction of sp³-hybridized carbons (Fsp3) is 0.538. The molecule has 0 amide bonds. The van der Waals surface area contributed by atoms with Gasteiger partial charge in [-0.15, -0.1) is 0 Å². The highest BCUT2D eigenvalue weighted by Crippen LogP contribution is 2.57. The van der Waals surface area contributed by atoms with Crippen molar-refractivity contribution in [3.63, 3.8) is 0 Å². The summed E-state index contributed by atoms with van der Waals surface area (Å²) < 4.78 is 73.0. The van der Waals surface area contributed by atoms with Gasteiger partial charge in [-0.3, -0.25) is 0 Å². The second kappa shape index (κ2) is 9.28. The molecule has 0 spiro atoms. The van der Waals surface area contributed by atoms with Crippen LogP contribution >= 0.6 is 0 Å². The Morgan fingerprint density at radius 3 is 2.00 bits per heavy atom. The fourth-order valence-electron chi connectivity index (χ4n) is 4.95. The van der Waals surface area contributed by atoms with E-state index in [9.17, 15) is 0 Å². The van der Waals surface area contributed by atoms with Gasteiger partial charge in [0.1, 0.15) is 0 Å². The van der Waals surface area contributed by atoms with Crippen molar-refractivity contribution in [3.05, 3.63) is 53.1 Å². The average molecular weight is 477 g/mol. The number of likely N-dealkylation sites (tertiary alicyclic amines) is 1. The molecule has 2 aliphatic rings. The lowest BCUT2D eigenvalue weighted by atomic mass is 9.72. The number of benzene rings is 2. The Kier molecular flexibility index (Phi) is 6.88. The van der Waals surface area contributed by atoms with Crippen LogP contribution in [0.2, 0.25) is 0 Å². The van der Waals surface area contributed by atoms with E-state index >= 15 is 17.6 Å². The van der Waals surface area contributed by atoms with E-state index in [0.29, 0.717) is 17.4 Å². The van der Waals surface area contributed by atoms with Gasteiger partial charge in [0.25, 0.3) is 0 Å². The maximum atomic E-state index is 15.4. The molecule has 0 saturated carbocycles. The maximum Gasteiger partial charge on any atom is 0.494 e. The number of hydrogen-bond acceptors (Lipinski definition) is 3. The Balaban J connectivity index is 1.77. The molecule has 4 rings (SSSR count). The van der Waals surface area contributed by atoms with Crippen molar-refractivity contribution in [2.45, 2.75) is 77.1 Å². The van der Waals surface area contributed by atoms with E-state index in [-0.39, 0.29) is 29.4 Å². The molecule has 1 unspecified atom stereocenters. The molecule has 8 heteroatoms. The molecule has 1 fully saturated rings. The lowest BCUT2D eigenvalue weighted by Crippen LogP contribution is -2.44. The van der Waals surface area contributed by atoms with Gasteiger partial charge < -0.3 is 14.2 Å². The summed E-state index contributed by atoms with van der Waals surface area (Å²) >= 11 is 0. The monoisotopic (exact) mass is 477 g/mol. The molecule has 0 radical (unpaired) electrons. The molecule has 1 heterocycles. The minimum atomic E-state index is -4.37. The number of likely N-dealkylation sites (N-methyl/N-ethyl adjacent to an activating group) is 1. The predicted molar refractivity (Wildman–Crippen MR) is 127 cm³/mol. The van der Waals surface area contributed by atoms with Crippen LogP contribution in [0.15, 0.2) is 36.4 Å². The maximum absolute atomic E-state index is 15.4. The Bertz CT molecular complexity index is 1030. The quantitative estimate of drug-likeness (QED) is 0.376. The third kappa shape index (κ3) is 4.52. The molecule has 34 heavy (non-hydrogen) atoms. The van der Waals surface area contributed by atoms with E-state index in [0.717, 1.165) is 25.5 Å². The summed E-state index contributed by atoms with van der Waals surface area (Å²) in [4.78, 5) is 2.19.